The molecular weight excluding hydrogens is 164 g/mol. The molecule has 0 aliphatic heterocycles. The van der Waals surface area contributed by atoms with Gasteiger partial charge in [0, 0.05) is 13.2 Å². The molecule has 0 aliphatic rings. The van der Waals surface area contributed by atoms with Crippen LogP contribution in [-0.4, -0.2) is 25.9 Å². The van der Waals surface area contributed by atoms with Crippen molar-refractivity contribution >= 4 is 0 Å². The van der Waals surface area contributed by atoms with Gasteiger partial charge in [0.15, 0.2) is 0 Å². The van der Waals surface area contributed by atoms with Crippen LogP contribution in [0.15, 0.2) is 0 Å². The second-order valence-electron chi connectivity index (χ2n) is 3.15. The van der Waals surface area contributed by atoms with Gasteiger partial charge in [0.05, 0.1) is 12.7 Å². The lowest BCUT2D eigenvalue weighted by Crippen LogP contribution is -2.20. The first kappa shape index (κ1) is 12.9. The van der Waals surface area contributed by atoms with E-state index >= 15 is 0 Å². The van der Waals surface area contributed by atoms with Crippen LogP contribution in [0.2, 0.25) is 0 Å². The van der Waals surface area contributed by atoms with Gasteiger partial charge in [0.25, 0.3) is 0 Å². The molecule has 0 saturated heterocycles. The van der Waals surface area contributed by atoms with Gasteiger partial charge in [-0.25, -0.2) is 0 Å². The maximum Gasteiger partial charge on any atom is 0.0808 e. The summed E-state index contributed by atoms with van der Waals surface area (Å²) in [4.78, 5) is 0. The summed E-state index contributed by atoms with van der Waals surface area (Å²) in [6.45, 7) is 10.2. The van der Waals surface area contributed by atoms with Crippen molar-refractivity contribution in [3.05, 3.63) is 6.92 Å². The van der Waals surface area contributed by atoms with Gasteiger partial charge in [0.2, 0.25) is 0 Å². The van der Waals surface area contributed by atoms with Crippen molar-refractivity contribution in [2.75, 3.05) is 19.8 Å². The van der Waals surface area contributed by atoms with Crippen molar-refractivity contribution in [1.82, 2.24) is 0 Å². The monoisotopic (exact) mass is 187 g/mol. The lowest BCUT2D eigenvalue weighted by Gasteiger charge is -2.16. The Kier molecular flexibility index (Phi) is 9.94. The molecule has 0 aromatic carbocycles. The van der Waals surface area contributed by atoms with E-state index in [1.165, 1.54) is 12.8 Å². The van der Waals surface area contributed by atoms with Gasteiger partial charge in [-0.05, 0) is 19.8 Å². The fourth-order valence-corrected chi connectivity index (χ4v) is 1.20. The third kappa shape index (κ3) is 8.26. The maximum absolute atomic E-state index is 5.55. The van der Waals surface area contributed by atoms with Crippen molar-refractivity contribution in [3.63, 3.8) is 0 Å². The molecule has 0 amide bonds. The first-order chi connectivity index (χ1) is 6.35. The van der Waals surface area contributed by atoms with Gasteiger partial charge in [-0.2, -0.15) is 0 Å². The fraction of sp³-hybridized carbons (Fsp3) is 0.909. The summed E-state index contributed by atoms with van der Waals surface area (Å²) in [5.41, 5.74) is 0. The van der Waals surface area contributed by atoms with Crippen LogP contribution in [0.25, 0.3) is 0 Å². The Morgan fingerprint density at radius 2 is 2.08 bits per heavy atom. The molecule has 0 bridgehead atoms. The van der Waals surface area contributed by atoms with E-state index in [9.17, 15) is 0 Å². The quantitative estimate of drug-likeness (QED) is 0.517. The Morgan fingerprint density at radius 1 is 1.31 bits per heavy atom. The number of ether oxygens (including phenoxy) is 2. The third-order valence-corrected chi connectivity index (χ3v) is 1.87. The summed E-state index contributed by atoms with van der Waals surface area (Å²) in [5.74, 6) is 0. The standard InChI is InChI=1S/C11H23O2/c1-4-7-8-11(13-6-3)10-12-9-5-2/h11H,2,4-10H2,1,3H3. The molecule has 0 aromatic heterocycles. The van der Waals surface area contributed by atoms with Crippen LogP contribution in [0.5, 0.6) is 0 Å². The molecular formula is C11H23O2. The molecule has 0 aliphatic carbocycles. The van der Waals surface area contributed by atoms with Crippen molar-refractivity contribution in [2.24, 2.45) is 0 Å². The molecule has 0 N–H and O–H groups in total. The van der Waals surface area contributed by atoms with Crippen LogP contribution in [-0.2, 0) is 9.47 Å². The SMILES string of the molecule is [CH2]CCOCC(CCCC)OCC. The second kappa shape index (κ2) is 10.0. The Labute approximate surface area is 82.6 Å². The van der Waals surface area contributed by atoms with E-state index in [1.54, 1.807) is 0 Å². The predicted octanol–water partition coefficient (Wildman–Crippen LogP) is 2.82. The van der Waals surface area contributed by atoms with Gasteiger partial charge in [-0.15, -0.1) is 0 Å². The third-order valence-electron chi connectivity index (χ3n) is 1.87. The minimum absolute atomic E-state index is 0.288. The van der Waals surface area contributed by atoms with Crippen LogP contribution in [0.1, 0.15) is 39.5 Å². The number of hydrogen-bond acceptors (Lipinski definition) is 2. The Balaban J connectivity index is 3.41. The number of unbranched alkanes of at least 4 members (excludes halogenated alkanes) is 1. The lowest BCUT2D eigenvalue weighted by atomic mass is 10.2. The van der Waals surface area contributed by atoms with Crippen LogP contribution in [0.3, 0.4) is 0 Å². The van der Waals surface area contributed by atoms with Crippen LogP contribution in [0, 0.1) is 6.92 Å². The summed E-state index contributed by atoms with van der Waals surface area (Å²) in [6.07, 6.45) is 4.68. The van der Waals surface area contributed by atoms with Crippen LogP contribution in [0.4, 0.5) is 0 Å². The highest BCUT2D eigenvalue weighted by Crippen LogP contribution is 2.05. The molecule has 13 heavy (non-hydrogen) atoms. The zero-order valence-electron chi connectivity index (χ0n) is 9.05. The molecule has 0 heterocycles. The normalized spacial score (nSPS) is 13.2. The van der Waals surface area contributed by atoms with E-state index in [-0.39, 0.29) is 6.10 Å². The average Bonchev–Trinajstić information content (AvgIpc) is 2.14. The molecule has 0 spiro atoms. The van der Waals surface area contributed by atoms with E-state index in [4.69, 9.17) is 9.47 Å². The van der Waals surface area contributed by atoms with Crippen molar-refractivity contribution in [2.45, 2.75) is 45.6 Å². The molecule has 2 nitrogen and oxygen atoms in total. The van der Waals surface area contributed by atoms with E-state index in [0.29, 0.717) is 0 Å². The smallest absolute Gasteiger partial charge is 0.0808 e. The summed E-state index contributed by atoms with van der Waals surface area (Å²) in [5, 5.41) is 0. The fourth-order valence-electron chi connectivity index (χ4n) is 1.20. The summed E-state index contributed by atoms with van der Waals surface area (Å²) in [6, 6.07) is 0. The minimum atomic E-state index is 0.288. The lowest BCUT2D eigenvalue weighted by molar-refractivity contribution is -0.0154. The Hall–Kier alpha value is -0.0800. The molecule has 1 atom stereocenters. The molecule has 1 unspecified atom stereocenters. The molecule has 0 rings (SSSR count). The molecule has 0 fully saturated rings. The van der Waals surface area contributed by atoms with E-state index in [0.717, 1.165) is 32.7 Å². The van der Waals surface area contributed by atoms with Crippen LogP contribution < -0.4 is 0 Å². The first-order valence-electron chi connectivity index (χ1n) is 5.33. The number of rotatable bonds is 9. The molecule has 0 saturated carbocycles. The van der Waals surface area contributed by atoms with E-state index in [2.05, 4.69) is 13.8 Å². The van der Waals surface area contributed by atoms with Gasteiger partial charge in [0.1, 0.15) is 0 Å². The summed E-state index contributed by atoms with van der Waals surface area (Å²) >= 11 is 0. The van der Waals surface area contributed by atoms with Gasteiger partial charge in [-0.1, -0.05) is 26.7 Å². The molecule has 0 aromatic rings. The van der Waals surface area contributed by atoms with E-state index in [1.807, 2.05) is 6.92 Å². The van der Waals surface area contributed by atoms with Gasteiger partial charge >= 0.3 is 0 Å². The minimum Gasteiger partial charge on any atom is -0.379 e. The Morgan fingerprint density at radius 3 is 2.62 bits per heavy atom. The largest absolute Gasteiger partial charge is 0.379 e. The van der Waals surface area contributed by atoms with Crippen molar-refractivity contribution < 1.29 is 9.47 Å². The molecule has 2 heteroatoms. The highest BCUT2D eigenvalue weighted by molar-refractivity contribution is 4.56. The Bertz CT molecular complexity index is 94.1. The average molecular weight is 187 g/mol. The van der Waals surface area contributed by atoms with Gasteiger partial charge in [-0.3, -0.25) is 0 Å². The number of hydrogen-bond donors (Lipinski definition) is 0. The summed E-state index contributed by atoms with van der Waals surface area (Å²) in [7, 11) is 0. The maximum atomic E-state index is 5.55. The predicted molar refractivity (Wildman–Crippen MR) is 55.7 cm³/mol. The first-order valence-corrected chi connectivity index (χ1v) is 5.33. The van der Waals surface area contributed by atoms with Crippen LogP contribution >= 0.6 is 0 Å². The van der Waals surface area contributed by atoms with E-state index < -0.39 is 0 Å². The molecule has 79 valence electrons. The van der Waals surface area contributed by atoms with Crippen molar-refractivity contribution in [3.8, 4) is 0 Å². The zero-order valence-corrected chi connectivity index (χ0v) is 9.05. The van der Waals surface area contributed by atoms with Gasteiger partial charge < -0.3 is 9.47 Å². The highest BCUT2D eigenvalue weighted by atomic mass is 16.5. The second-order valence-corrected chi connectivity index (χ2v) is 3.15. The van der Waals surface area contributed by atoms with Crippen molar-refractivity contribution in [1.29, 1.82) is 0 Å². The molecule has 1 radical (unpaired) electrons. The zero-order chi connectivity index (χ0) is 9.94. The summed E-state index contributed by atoms with van der Waals surface area (Å²) < 4.78 is 11.0. The topological polar surface area (TPSA) is 18.5 Å². The highest BCUT2D eigenvalue weighted by Gasteiger charge is 2.07.